The van der Waals surface area contributed by atoms with Gasteiger partial charge in [0.05, 0.1) is 6.54 Å². The lowest BCUT2D eigenvalue weighted by atomic mass is 9.94. The van der Waals surface area contributed by atoms with E-state index in [0.29, 0.717) is 13.1 Å². The summed E-state index contributed by atoms with van der Waals surface area (Å²) in [6, 6.07) is 10.2. The van der Waals surface area contributed by atoms with Gasteiger partial charge in [-0.1, -0.05) is 37.5 Å². The van der Waals surface area contributed by atoms with E-state index in [1.165, 1.54) is 25.7 Å². The third-order valence-electron chi connectivity index (χ3n) is 5.48. The van der Waals surface area contributed by atoms with E-state index in [1.807, 2.05) is 17.5 Å². The minimum absolute atomic E-state index is 0.0212. The summed E-state index contributed by atoms with van der Waals surface area (Å²) in [5, 5.41) is 1.98. The number of ether oxygens (including phenoxy) is 1. The fraction of sp³-hybridized carbons (Fsp3) is 0.478. The van der Waals surface area contributed by atoms with Gasteiger partial charge in [-0.15, -0.1) is 11.3 Å². The second kappa shape index (κ2) is 11.2. The van der Waals surface area contributed by atoms with Crippen molar-refractivity contribution < 1.29 is 18.7 Å². The first kappa shape index (κ1) is 22.4. The van der Waals surface area contributed by atoms with Crippen molar-refractivity contribution in [2.45, 2.75) is 51.2 Å². The summed E-state index contributed by atoms with van der Waals surface area (Å²) < 4.78 is 18.4. The Morgan fingerprint density at radius 1 is 1.07 bits per heavy atom. The Morgan fingerprint density at radius 2 is 1.80 bits per heavy atom. The summed E-state index contributed by atoms with van der Waals surface area (Å²) in [6.07, 6.45) is 5.16. The fourth-order valence-corrected chi connectivity index (χ4v) is 4.62. The van der Waals surface area contributed by atoms with Crippen LogP contribution in [0.2, 0.25) is 0 Å². The summed E-state index contributed by atoms with van der Waals surface area (Å²) >= 11 is 1.59. The van der Waals surface area contributed by atoms with Gasteiger partial charge in [0, 0.05) is 24.6 Å². The molecule has 0 aliphatic heterocycles. The molecule has 5 nitrogen and oxygen atoms in total. The van der Waals surface area contributed by atoms with Gasteiger partial charge < -0.3 is 14.5 Å². The molecule has 3 rings (SSSR count). The SMILES string of the molecule is COCC(=O)N(CC(=O)N(Cc1ccc(F)cc1)Cc1cccs1)C1CCCCC1. The van der Waals surface area contributed by atoms with Crippen LogP contribution in [0.3, 0.4) is 0 Å². The molecule has 1 heterocycles. The molecule has 0 saturated heterocycles. The van der Waals surface area contributed by atoms with Crippen molar-refractivity contribution in [3.05, 3.63) is 58.0 Å². The predicted molar refractivity (Wildman–Crippen MR) is 115 cm³/mol. The van der Waals surface area contributed by atoms with Crippen LogP contribution in [0.4, 0.5) is 4.39 Å². The summed E-state index contributed by atoms with van der Waals surface area (Å²) in [5.41, 5.74) is 0.855. The Kier molecular flexibility index (Phi) is 8.39. The standard InChI is InChI=1S/C23H29FN2O3S/c1-29-17-23(28)26(20-6-3-2-4-7-20)16-22(27)25(15-21-8-5-13-30-21)14-18-9-11-19(24)12-10-18/h5,8-13,20H,2-4,6-7,14-17H2,1H3. The third kappa shape index (κ3) is 6.37. The highest BCUT2D eigenvalue weighted by atomic mass is 32.1. The van der Waals surface area contributed by atoms with Crippen molar-refractivity contribution in [3.63, 3.8) is 0 Å². The quantitative estimate of drug-likeness (QED) is 0.596. The number of amides is 2. The van der Waals surface area contributed by atoms with Gasteiger partial charge in [-0.25, -0.2) is 4.39 Å². The monoisotopic (exact) mass is 432 g/mol. The molecule has 0 unspecified atom stereocenters. The minimum atomic E-state index is -0.302. The average molecular weight is 433 g/mol. The predicted octanol–water partition coefficient (Wildman–Crippen LogP) is 4.22. The Hall–Kier alpha value is -2.25. The van der Waals surface area contributed by atoms with Crippen molar-refractivity contribution >= 4 is 23.2 Å². The number of halogens is 1. The molecule has 0 atom stereocenters. The van der Waals surface area contributed by atoms with Gasteiger partial charge in [0.2, 0.25) is 11.8 Å². The van der Waals surface area contributed by atoms with Crippen LogP contribution in [0.1, 0.15) is 42.5 Å². The van der Waals surface area contributed by atoms with E-state index < -0.39 is 0 Å². The number of thiophene rings is 1. The van der Waals surface area contributed by atoms with Crippen LogP contribution in [0, 0.1) is 5.82 Å². The molecule has 30 heavy (non-hydrogen) atoms. The molecule has 0 spiro atoms. The lowest BCUT2D eigenvalue weighted by molar-refractivity contribution is -0.146. The lowest BCUT2D eigenvalue weighted by Gasteiger charge is -2.35. The molecule has 7 heteroatoms. The Bertz CT molecular complexity index is 804. The smallest absolute Gasteiger partial charge is 0.249 e. The zero-order valence-corrected chi connectivity index (χ0v) is 18.2. The lowest BCUT2D eigenvalue weighted by Crippen LogP contribution is -2.49. The first-order valence-corrected chi connectivity index (χ1v) is 11.3. The highest BCUT2D eigenvalue weighted by Gasteiger charge is 2.29. The van der Waals surface area contributed by atoms with E-state index in [1.54, 1.807) is 33.3 Å². The van der Waals surface area contributed by atoms with Gasteiger partial charge in [0.15, 0.2) is 0 Å². The number of rotatable bonds is 9. The largest absolute Gasteiger partial charge is 0.375 e. The second-order valence-corrected chi connectivity index (χ2v) is 8.73. The van der Waals surface area contributed by atoms with Gasteiger partial charge >= 0.3 is 0 Å². The molecule has 2 amide bonds. The summed E-state index contributed by atoms with van der Waals surface area (Å²) in [7, 11) is 1.50. The van der Waals surface area contributed by atoms with Gasteiger partial charge in [0.25, 0.3) is 0 Å². The van der Waals surface area contributed by atoms with Crippen LogP contribution in [0.5, 0.6) is 0 Å². The summed E-state index contributed by atoms with van der Waals surface area (Å²) in [6.45, 7) is 0.852. The number of methoxy groups -OCH3 is 1. The average Bonchev–Trinajstić information content (AvgIpc) is 3.27. The topological polar surface area (TPSA) is 49.9 Å². The first-order chi connectivity index (χ1) is 14.6. The van der Waals surface area contributed by atoms with Crippen molar-refractivity contribution in [3.8, 4) is 0 Å². The van der Waals surface area contributed by atoms with E-state index in [2.05, 4.69) is 0 Å². The number of benzene rings is 1. The molecular weight excluding hydrogens is 403 g/mol. The van der Waals surface area contributed by atoms with E-state index in [0.717, 1.165) is 36.1 Å². The molecule has 1 aliphatic carbocycles. The normalized spacial score (nSPS) is 14.5. The van der Waals surface area contributed by atoms with Gasteiger partial charge in [0.1, 0.15) is 19.0 Å². The molecule has 1 saturated carbocycles. The maximum Gasteiger partial charge on any atom is 0.249 e. The summed E-state index contributed by atoms with van der Waals surface area (Å²) in [4.78, 5) is 30.5. The Balaban J connectivity index is 1.76. The molecule has 0 bridgehead atoms. The van der Waals surface area contributed by atoms with Crippen LogP contribution in [-0.2, 0) is 27.4 Å². The molecular formula is C23H29FN2O3S. The number of carbonyl (C=O) groups excluding carboxylic acids is 2. The van der Waals surface area contributed by atoms with Crippen LogP contribution >= 0.6 is 11.3 Å². The van der Waals surface area contributed by atoms with E-state index >= 15 is 0 Å². The van der Waals surface area contributed by atoms with Crippen molar-refractivity contribution in [2.75, 3.05) is 20.3 Å². The molecule has 1 aromatic heterocycles. The Labute approximate surface area is 181 Å². The van der Waals surface area contributed by atoms with Crippen molar-refractivity contribution in [1.29, 1.82) is 0 Å². The molecule has 1 aliphatic rings. The number of hydrogen-bond acceptors (Lipinski definition) is 4. The van der Waals surface area contributed by atoms with Gasteiger partial charge in [-0.3, -0.25) is 9.59 Å². The minimum Gasteiger partial charge on any atom is -0.375 e. The maximum absolute atomic E-state index is 13.3. The molecule has 0 radical (unpaired) electrons. The van der Waals surface area contributed by atoms with E-state index in [4.69, 9.17) is 4.74 Å². The third-order valence-corrected chi connectivity index (χ3v) is 6.34. The zero-order valence-electron chi connectivity index (χ0n) is 17.4. The van der Waals surface area contributed by atoms with Crippen molar-refractivity contribution in [2.24, 2.45) is 0 Å². The van der Waals surface area contributed by atoms with Crippen molar-refractivity contribution in [1.82, 2.24) is 9.80 Å². The molecule has 1 aromatic carbocycles. The van der Waals surface area contributed by atoms with Gasteiger partial charge in [-0.05, 0) is 42.0 Å². The number of hydrogen-bond donors (Lipinski definition) is 0. The molecule has 2 aromatic rings. The van der Waals surface area contributed by atoms with Crippen LogP contribution in [0.25, 0.3) is 0 Å². The Morgan fingerprint density at radius 3 is 2.43 bits per heavy atom. The van der Waals surface area contributed by atoms with Crippen LogP contribution in [-0.4, -0.2) is 47.9 Å². The second-order valence-electron chi connectivity index (χ2n) is 7.70. The molecule has 1 fully saturated rings. The van der Waals surface area contributed by atoms with Crippen LogP contribution < -0.4 is 0 Å². The van der Waals surface area contributed by atoms with E-state index in [9.17, 15) is 14.0 Å². The van der Waals surface area contributed by atoms with Gasteiger partial charge in [-0.2, -0.15) is 0 Å². The molecule has 0 N–H and O–H groups in total. The van der Waals surface area contributed by atoms with Crippen LogP contribution in [0.15, 0.2) is 41.8 Å². The molecule has 162 valence electrons. The maximum atomic E-state index is 13.3. The number of nitrogens with zero attached hydrogens (tertiary/aromatic N) is 2. The highest BCUT2D eigenvalue weighted by Crippen LogP contribution is 2.23. The zero-order chi connectivity index (χ0) is 21.3. The number of carbonyl (C=O) groups is 2. The summed E-state index contributed by atoms with van der Waals surface area (Å²) in [5.74, 6) is -0.554. The fourth-order valence-electron chi connectivity index (χ4n) is 3.90. The first-order valence-electron chi connectivity index (χ1n) is 10.4. The van der Waals surface area contributed by atoms with E-state index in [-0.39, 0.29) is 36.8 Å². The highest BCUT2D eigenvalue weighted by molar-refractivity contribution is 7.09.